The van der Waals surface area contributed by atoms with E-state index in [0.717, 1.165) is 42.6 Å². The van der Waals surface area contributed by atoms with E-state index in [4.69, 9.17) is 0 Å². The molecule has 0 aliphatic heterocycles. The Morgan fingerprint density at radius 3 is 2.84 bits per heavy atom. The van der Waals surface area contributed by atoms with E-state index in [1.54, 1.807) is 0 Å². The lowest BCUT2D eigenvalue weighted by atomic mass is 9.95. The predicted octanol–water partition coefficient (Wildman–Crippen LogP) is 4.18. The van der Waals surface area contributed by atoms with Gasteiger partial charge in [-0.15, -0.1) is 0 Å². The van der Waals surface area contributed by atoms with Gasteiger partial charge in [0.1, 0.15) is 11.1 Å². The average Bonchev–Trinajstić information content (AvgIpc) is 2.61. The van der Waals surface area contributed by atoms with Crippen molar-refractivity contribution < 1.29 is 4.79 Å². The maximum Gasteiger partial charge on any atom is 0.234 e. The number of fused-ring (bicyclic) bond motifs is 1. The van der Waals surface area contributed by atoms with Gasteiger partial charge >= 0.3 is 0 Å². The molecule has 0 atom stereocenters. The predicted molar refractivity (Wildman–Crippen MR) is 101 cm³/mol. The fraction of sp³-hybridized carbons (Fsp3) is 0.350. The number of carbonyl (C=O) groups is 1. The number of anilines is 1. The lowest BCUT2D eigenvalue weighted by Crippen LogP contribution is -2.15. The monoisotopic (exact) mass is 351 g/mol. The molecule has 1 heterocycles. The molecule has 4 nitrogen and oxygen atoms in total. The van der Waals surface area contributed by atoms with Gasteiger partial charge in [0.05, 0.1) is 11.3 Å². The zero-order valence-electron chi connectivity index (χ0n) is 14.6. The van der Waals surface area contributed by atoms with E-state index < -0.39 is 0 Å². The maximum atomic E-state index is 12.3. The van der Waals surface area contributed by atoms with Crippen LogP contribution in [0.1, 0.15) is 40.8 Å². The number of nitrogens with one attached hydrogen (secondary N) is 1. The molecule has 0 fully saturated rings. The normalized spacial score (nSPS) is 13.0. The Morgan fingerprint density at radius 1 is 1.28 bits per heavy atom. The fourth-order valence-electron chi connectivity index (χ4n) is 3.08. The first kappa shape index (κ1) is 17.5. The summed E-state index contributed by atoms with van der Waals surface area (Å²) in [4.78, 5) is 16.9. The summed E-state index contributed by atoms with van der Waals surface area (Å²) in [6.45, 7) is 4.01. The molecule has 128 valence electrons. The second-order valence-electron chi connectivity index (χ2n) is 6.42. The standard InChI is InChI=1S/C20H21N3OS/c1-13-7-8-17(14(2)9-13)22-19(24)12-25-20-16(11-21)10-15-5-3-4-6-18(15)23-20/h7-10H,3-6,12H2,1-2H3,(H,22,24). The molecule has 1 aliphatic rings. The Labute approximate surface area is 152 Å². The lowest BCUT2D eigenvalue weighted by Gasteiger charge is -2.16. The van der Waals surface area contributed by atoms with Gasteiger partial charge in [-0.25, -0.2) is 4.98 Å². The van der Waals surface area contributed by atoms with Crippen LogP contribution < -0.4 is 5.32 Å². The molecule has 0 saturated carbocycles. The molecule has 0 radical (unpaired) electrons. The maximum absolute atomic E-state index is 12.3. The number of rotatable bonds is 4. The van der Waals surface area contributed by atoms with Crippen LogP contribution in [-0.2, 0) is 17.6 Å². The first-order chi connectivity index (χ1) is 12.1. The van der Waals surface area contributed by atoms with Gasteiger partial charge < -0.3 is 5.32 Å². The summed E-state index contributed by atoms with van der Waals surface area (Å²) in [5, 5.41) is 13.0. The van der Waals surface area contributed by atoms with Crippen molar-refractivity contribution in [3.63, 3.8) is 0 Å². The van der Waals surface area contributed by atoms with Crippen LogP contribution in [0, 0.1) is 25.2 Å². The number of pyridine rings is 1. The minimum absolute atomic E-state index is 0.0830. The highest BCUT2D eigenvalue weighted by Crippen LogP contribution is 2.27. The third-order valence-electron chi connectivity index (χ3n) is 4.38. The Hall–Kier alpha value is -2.32. The molecule has 1 N–H and O–H groups in total. The summed E-state index contributed by atoms with van der Waals surface area (Å²) in [6.07, 6.45) is 4.26. The van der Waals surface area contributed by atoms with Crippen molar-refractivity contribution >= 4 is 23.4 Å². The second kappa shape index (κ2) is 7.71. The molecule has 2 aromatic rings. The topological polar surface area (TPSA) is 65.8 Å². The summed E-state index contributed by atoms with van der Waals surface area (Å²) in [6, 6.07) is 10.1. The van der Waals surface area contributed by atoms with Crippen LogP contribution >= 0.6 is 11.8 Å². The SMILES string of the molecule is Cc1ccc(NC(=O)CSc2nc3c(cc2C#N)CCCC3)c(C)c1. The van der Waals surface area contributed by atoms with Gasteiger partial charge in [0.15, 0.2) is 0 Å². The number of thioether (sulfide) groups is 1. The molecular weight excluding hydrogens is 330 g/mol. The van der Waals surface area contributed by atoms with Gasteiger partial charge in [0, 0.05) is 11.4 Å². The van der Waals surface area contributed by atoms with Gasteiger partial charge in [-0.05, 0) is 62.8 Å². The largest absolute Gasteiger partial charge is 0.325 e. The smallest absolute Gasteiger partial charge is 0.234 e. The van der Waals surface area contributed by atoms with E-state index in [-0.39, 0.29) is 11.7 Å². The van der Waals surface area contributed by atoms with Gasteiger partial charge in [-0.1, -0.05) is 29.5 Å². The Balaban J connectivity index is 1.68. The van der Waals surface area contributed by atoms with E-state index in [1.165, 1.54) is 22.9 Å². The van der Waals surface area contributed by atoms with E-state index in [1.807, 2.05) is 38.1 Å². The highest BCUT2D eigenvalue weighted by molar-refractivity contribution is 8.00. The molecule has 0 bridgehead atoms. The zero-order chi connectivity index (χ0) is 17.8. The number of nitrogens with zero attached hydrogens (tertiary/aromatic N) is 2. The summed E-state index contributed by atoms with van der Waals surface area (Å²) < 4.78 is 0. The Kier molecular flexibility index (Phi) is 5.40. The Morgan fingerprint density at radius 2 is 2.08 bits per heavy atom. The first-order valence-electron chi connectivity index (χ1n) is 8.49. The number of hydrogen-bond acceptors (Lipinski definition) is 4. The highest BCUT2D eigenvalue weighted by Gasteiger charge is 2.16. The Bertz CT molecular complexity index is 855. The third-order valence-corrected chi connectivity index (χ3v) is 5.37. The van der Waals surface area contributed by atoms with Crippen molar-refractivity contribution in [2.45, 2.75) is 44.6 Å². The van der Waals surface area contributed by atoms with Crippen LogP contribution in [0.5, 0.6) is 0 Å². The molecule has 1 aromatic heterocycles. The molecule has 3 rings (SSSR count). The number of carbonyl (C=O) groups excluding carboxylic acids is 1. The van der Waals surface area contributed by atoms with Crippen LogP contribution in [0.4, 0.5) is 5.69 Å². The minimum atomic E-state index is -0.0830. The van der Waals surface area contributed by atoms with Gasteiger partial charge in [-0.3, -0.25) is 4.79 Å². The van der Waals surface area contributed by atoms with Gasteiger partial charge in [-0.2, -0.15) is 5.26 Å². The highest BCUT2D eigenvalue weighted by atomic mass is 32.2. The second-order valence-corrected chi connectivity index (χ2v) is 7.39. The molecular formula is C20H21N3OS. The van der Waals surface area contributed by atoms with Crippen molar-refractivity contribution in [2.75, 3.05) is 11.1 Å². The summed E-state index contributed by atoms with van der Waals surface area (Å²) in [5.41, 5.74) is 5.89. The molecule has 0 spiro atoms. The van der Waals surface area contributed by atoms with Gasteiger partial charge in [0.2, 0.25) is 5.91 Å². The van der Waals surface area contributed by atoms with Crippen molar-refractivity contribution in [1.82, 2.24) is 4.98 Å². The zero-order valence-corrected chi connectivity index (χ0v) is 15.4. The molecule has 1 aliphatic carbocycles. The van der Waals surface area contributed by atoms with Crippen LogP contribution in [0.25, 0.3) is 0 Å². The van der Waals surface area contributed by atoms with Crippen LogP contribution in [0.2, 0.25) is 0 Å². The van der Waals surface area contributed by atoms with E-state index in [2.05, 4.69) is 16.4 Å². The number of amides is 1. The average molecular weight is 351 g/mol. The van der Waals surface area contributed by atoms with Gasteiger partial charge in [0.25, 0.3) is 0 Å². The van der Waals surface area contributed by atoms with E-state index in [0.29, 0.717) is 10.6 Å². The third kappa shape index (κ3) is 4.21. The van der Waals surface area contributed by atoms with Crippen molar-refractivity contribution in [3.05, 3.63) is 52.2 Å². The summed E-state index contributed by atoms with van der Waals surface area (Å²) in [7, 11) is 0. The van der Waals surface area contributed by atoms with Crippen LogP contribution in [0.15, 0.2) is 29.3 Å². The van der Waals surface area contributed by atoms with E-state index >= 15 is 0 Å². The molecule has 0 saturated heterocycles. The fourth-order valence-corrected chi connectivity index (χ4v) is 3.85. The molecule has 1 amide bonds. The van der Waals surface area contributed by atoms with Crippen molar-refractivity contribution in [2.24, 2.45) is 0 Å². The minimum Gasteiger partial charge on any atom is -0.325 e. The van der Waals surface area contributed by atoms with Crippen LogP contribution in [0.3, 0.4) is 0 Å². The summed E-state index contributed by atoms with van der Waals surface area (Å²) in [5.74, 6) is 0.161. The number of nitriles is 1. The number of aromatic nitrogens is 1. The number of benzene rings is 1. The molecule has 0 unspecified atom stereocenters. The van der Waals surface area contributed by atoms with E-state index in [9.17, 15) is 10.1 Å². The molecule has 1 aromatic carbocycles. The van der Waals surface area contributed by atoms with Crippen molar-refractivity contribution in [3.8, 4) is 6.07 Å². The first-order valence-corrected chi connectivity index (χ1v) is 9.48. The molecule has 25 heavy (non-hydrogen) atoms. The summed E-state index contributed by atoms with van der Waals surface area (Å²) >= 11 is 1.34. The lowest BCUT2D eigenvalue weighted by molar-refractivity contribution is -0.113. The molecule has 5 heteroatoms. The number of hydrogen-bond donors (Lipinski definition) is 1. The number of aryl methyl sites for hydroxylation is 4. The quantitative estimate of drug-likeness (QED) is 0.839. The van der Waals surface area contributed by atoms with Crippen molar-refractivity contribution in [1.29, 1.82) is 5.26 Å². The van der Waals surface area contributed by atoms with Crippen LogP contribution in [-0.4, -0.2) is 16.6 Å².